The zero-order chi connectivity index (χ0) is 10.5. The Kier molecular flexibility index (Phi) is 3.11. The molecule has 1 heterocycles. The van der Waals surface area contributed by atoms with Crippen LogP contribution in [0.4, 0.5) is 0 Å². The highest BCUT2D eigenvalue weighted by molar-refractivity contribution is 5.15. The minimum Gasteiger partial charge on any atom is -0.316 e. The lowest BCUT2D eigenvalue weighted by atomic mass is 10.2. The van der Waals surface area contributed by atoms with E-state index < -0.39 is 0 Å². The zero-order valence-electron chi connectivity index (χ0n) is 8.30. The van der Waals surface area contributed by atoms with E-state index in [0.717, 1.165) is 12.1 Å². The van der Waals surface area contributed by atoms with Gasteiger partial charge in [-0.2, -0.15) is 5.10 Å². The van der Waals surface area contributed by atoms with Crippen LogP contribution in [0.1, 0.15) is 11.1 Å². The van der Waals surface area contributed by atoms with E-state index in [2.05, 4.69) is 22.7 Å². The van der Waals surface area contributed by atoms with Crippen LogP contribution in [0.25, 0.3) is 0 Å². The standard InChI is InChI=1S/C11H13N3O/c15-13-7-11-6-12-14(9-11)8-10-4-2-1-3-5-10/h1-6,9,13,15H,7-8H2. The third-order valence-corrected chi connectivity index (χ3v) is 2.16. The number of nitrogens with zero attached hydrogens (tertiary/aromatic N) is 2. The second-order valence-electron chi connectivity index (χ2n) is 3.37. The van der Waals surface area contributed by atoms with E-state index in [0.29, 0.717) is 6.54 Å². The fourth-order valence-corrected chi connectivity index (χ4v) is 1.45. The van der Waals surface area contributed by atoms with Crippen LogP contribution in [-0.2, 0) is 13.1 Å². The first-order valence-electron chi connectivity index (χ1n) is 4.80. The number of hydroxylamine groups is 1. The molecule has 78 valence electrons. The van der Waals surface area contributed by atoms with Crippen molar-refractivity contribution < 1.29 is 5.21 Å². The number of hydrogen-bond donors (Lipinski definition) is 2. The summed E-state index contributed by atoms with van der Waals surface area (Å²) in [5.74, 6) is 0. The van der Waals surface area contributed by atoms with Gasteiger partial charge in [0.05, 0.1) is 12.7 Å². The summed E-state index contributed by atoms with van der Waals surface area (Å²) >= 11 is 0. The van der Waals surface area contributed by atoms with Crippen LogP contribution in [0.3, 0.4) is 0 Å². The van der Waals surface area contributed by atoms with Gasteiger partial charge in [0.2, 0.25) is 0 Å². The SMILES string of the molecule is ONCc1cnn(Cc2ccccc2)c1. The lowest BCUT2D eigenvalue weighted by Crippen LogP contribution is -2.05. The van der Waals surface area contributed by atoms with Crippen molar-refractivity contribution in [1.82, 2.24) is 15.3 Å². The third kappa shape index (κ3) is 2.65. The number of rotatable bonds is 4. The molecule has 1 aromatic heterocycles. The van der Waals surface area contributed by atoms with Gasteiger partial charge in [-0.15, -0.1) is 0 Å². The van der Waals surface area contributed by atoms with Crippen molar-refractivity contribution in [3.05, 3.63) is 53.9 Å². The van der Waals surface area contributed by atoms with Gasteiger partial charge in [0, 0.05) is 18.3 Å². The van der Waals surface area contributed by atoms with Gasteiger partial charge in [0.15, 0.2) is 0 Å². The lowest BCUT2D eigenvalue weighted by molar-refractivity contribution is 0.161. The van der Waals surface area contributed by atoms with E-state index in [1.807, 2.05) is 29.1 Å². The van der Waals surface area contributed by atoms with E-state index >= 15 is 0 Å². The molecule has 4 heteroatoms. The number of hydrogen-bond acceptors (Lipinski definition) is 3. The van der Waals surface area contributed by atoms with Gasteiger partial charge in [-0.1, -0.05) is 30.3 Å². The normalized spacial score (nSPS) is 10.5. The number of nitrogens with one attached hydrogen (secondary N) is 1. The molecule has 0 atom stereocenters. The molecule has 15 heavy (non-hydrogen) atoms. The second kappa shape index (κ2) is 4.72. The monoisotopic (exact) mass is 203 g/mol. The Balaban J connectivity index is 2.05. The fraction of sp³-hybridized carbons (Fsp3) is 0.182. The highest BCUT2D eigenvalue weighted by atomic mass is 16.5. The van der Waals surface area contributed by atoms with Crippen molar-refractivity contribution in [3.8, 4) is 0 Å². The maximum absolute atomic E-state index is 8.53. The molecule has 2 N–H and O–H groups in total. The lowest BCUT2D eigenvalue weighted by Gasteiger charge is -2.00. The Morgan fingerprint density at radius 3 is 2.73 bits per heavy atom. The summed E-state index contributed by atoms with van der Waals surface area (Å²) in [6, 6.07) is 10.1. The van der Waals surface area contributed by atoms with Crippen molar-refractivity contribution in [1.29, 1.82) is 0 Å². The first-order valence-corrected chi connectivity index (χ1v) is 4.80. The van der Waals surface area contributed by atoms with Crippen molar-refractivity contribution in [2.24, 2.45) is 0 Å². The fourth-order valence-electron chi connectivity index (χ4n) is 1.45. The maximum atomic E-state index is 8.53. The molecule has 0 fully saturated rings. The molecule has 2 rings (SSSR count). The zero-order valence-corrected chi connectivity index (χ0v) is 8.30. The Hall–Kier alpha value is -1.65. The molecule has 0 radical (unpaired) electrons. The minimum absolute atomic E-state index is 0.425. The summed E-state index contributed by atoms with van der Waals surface area (Å²) < 4.78 is 1.85. The molecule has 2 aromatic rings. The van der Waals surface area contributed by atoms with E-state index in [1.165, 1.54) is 5.56 Å². The minimum atomic E-state index is 0.425. The van der Waals surface area contributed by atoms with Gasteiger partial charge < -0.3 is 5.21 Å². The predicted molar refractivity (Wildman–Crippen MR) is 56.4 cm³/mol. The first-order chi connectivity index (χ1) is 7.38. The van der Waals surface area contributed by atoms with Crippen LogP contribution < -0.4 is 5.48 Å². The summed E-state index contributed by atoms with van der Waals surface area (Å²) in [5.41, 5.74) is 4.29. The average molecular weight is 203 g/mol. The van der Waals surface area contributed by atoms with Gasteiger partial charge in [0.1, 0.15) is 0 Å². The molecule has 0 aliphatic heterocycles. The second-order valence-corrected chi connectivity index (χ2v) is 3.37. The highest BCUT2D eigenvalue weighted by Crippen LogP contribution is 2.03. The van der Waals surface area contributed by atoms with Crippen molar-refractivity contribution in [2.75, 3.05) is 0 Å². The van der Waals surface area contributed by atoms with E-state index in [-0.39, 0.29) is 0 Å². The molecule has 0 spiro atoms. The summed E-state index contributed by atoms with van der Waals surface area (Å²) in [4.78, 5) is 0. The third-order valence-electron chi connectivity index (χ3n) is 2.16. The molecule has 1 aromatic carbocycles. The molecule has 0 aliphatic carbocycles. The van der Waals surface area contributed by atoms with Gasteiger partial charge in [0.25, 0.3) is 0 Å². The van der Waals surface area contributed by atoms with Crippen LogP contribution in [0, 0.1) is 0 Å². The summed E-state index contributed by atoms with van der Waals surface area (Å²) in [6.45, 7) is 1.18. The smallest absolute Gasteiger partial charge is 0.0659 e. The first kappa shape index (κ1) is 9.89. The largest absolute Gasteiger partial charge is 0.316 e. The number of benzene rings is 1. The van der Waals surface area contributed by atoms with Crippen LogP contribution in [0.15, 0.2) is 42.7 Å². The maximum Gasteiger partial charge on any atom is 0.0659 e. The van der Waals surface area contributed by atoms with E-state index in [1.54, 1.807) is 6.20 Å². The van der Waals surface area contributed by atoms with Crippen molar-refractivity contribution in [2.45, 2.75) is 13.1 Å². The van der Waals surface area contributed by atoms with Crippen LogP contribution in [0.2, 0.25) is 0 Å². The van der Waals surface area contributed by atoms with Crippen molar-refractivity contribution in [3.63, 3.8) is 0 Å². The Bertz CT molecular complexity index is 411. The summed E-state index contributed by atoms with van der Waals surface area (Å²) in [5, 5.41) is 12.7. The van der Waals surface area contributed by atoms with E-state index in [4.69, 9.17) is 5.21 Å². The molecular weight excluding hydrogens is 190 g/mol. The van der Waals surface area contributed by atoms with Crippen LogP contribution in [0.5, 0.6) is 0 Å². The topological polar surface area (TPSA) is 50.1 Å². The molecule has 0 saturated carbocycles. The molecular formula is C11H13N3O. The average Bonchev–Trinajstić information content (AvgIpc) is 2.68. The van der Waals surface area contributed by atoms with Gasteiger partial charge >= 0.3 is 0 Å². The molecule has 0 saturated heterocycles. The Morgan fingerprint density at radius 1 is 1.20 bits per heavy atom. The highest BCUT2D eigenvalue weighted by Gasteiger charge is 1.98. The van der Waals surface area contributed by atoms with E-state index in [9.17, 15) is 0 Å². The molecule has 0 unspecified atom stereocenters. The van der Waals surface area contributed by atoms with Gasteiger partial charge in [-0.25, -0.2) is 5.48 Å². The van der Waals surface area contributed by atoms with Gasteiger partial charge in [-0.05, 0) is 5.56 Å². The van der Waals surface area contributed by atoms with Crippen LogP contribution >= 0.6 is 0 Å². The number of aromatic nitrogens is 2. The van der Waals surface area contributed by atoms with Crippen molar-refractivity contribution >= 4 is 0 Å². The summed E-state index contributed by atoms with van der Waals surface area (Å²) in [6.07, 6.45) is 3.66. The van der Waals surface area contributed by atoms with Crippen LogP contribution in [-0.4, -0.2) is 15.0 Å². The molecule has 4 nitrogen and oxygen atoms in total. The summed E-state index contributed by atoms with van der Waals surface area (Å²) in [7, 11) is 0. The Morgan fingerprint density at radius 2 is 2.00 bits per heavy atom. The predicted octanol–water partition coefficient (Wildman–Crippen LogP) is 1.41. The quantitative estimate of drug-likeness (QED) is 0.739. The van der Waals surface area contributed by atoms with Gasteiger partial charge in [-0.3, -0.25) is 4.68 Å². The molecule has 0 bridgehead atoms. The molecule has 0 amide bonds. The Labute approximate surface area is 88.1 Å². The molecule has 0 aliphatic rings.